The van der Waals surface area contributed by atoms with E-state index in [2.05, 4.69) is 23.7 Å². The average molecular weight is 563 g/mol. The highest BCUT2D eigenvalue weighted by molar-refractivity contribution is 7.99. The molecule has 0 atom stereocenters. The summed E-state index contributed by atoms with van der Waals surface area (Å²) in [4.78, 5) is 23.2. The molecule has 0 saturated heterocycles. The summed E-state index contributed by atoms with van der Waals surface area (Å²) >= 11 is 8.91. The predicted octanol–water partition coefficient (Wildman–Crippen LogP) is 5.63. The number of benzene rings is 2. The maximum atomic E-state index is 13.2. The number of rotatable bonds is 11. The molecule has 0 bridgehead atoms. The van der Waals surface area contributed by atoms with Gasteiger partial charge in [0.15, 0.2) is 15.0 Å². The molecule has 0 aliphatic carbocycles. The van der Waals surface area contributed by atoms with Crippen LogP contribution in [-0.4, -0.2) is 62.4 Å². The fraction of sp³-hybridized carbons (Fsp3) is 0.391. The summed E-state index contributed by atoms with van der Waals surface area (Å²) in [6, 6.07) is 12.5. The van der Waals surface area contributed by atoms with Crippen LogP contribution in [0.25, 0.3) is 10.2 Å². The van der Waals surface area contributed by atoms with Gasteiger partial charge in [-0.3, -0.25) is 9.69 Å². The number of hydrogen-bond acceptors (Lipinski definition) is 7. The van der Waals surface area contributed by atoms with Gasteiger partial charge in [0.05, 0.1) is 15.1 Å². The molecule has 11 heteroatoms. The summed E-state index contributed by atoms with van der Waals surface area (Å²) in [6.07, 6.45) is 1.56. The molecule has 0 N–H and O–H groups in total. The number of carbonyl (C=O) groups excluding carboxylic acids is 1. The summed E-state index contributed by atoms with van der Waals surface area (Å²) in [6.45, 7) is 7.29. The van der Waals surface area contributed by atoms with Crippen LogP contribution >= 0.6 is 47.1 Å². The molecule has 1 amide bonds. The van der Waals surface area contributed by atoms with Crippen LogP contribution in [0.2, 0.25) is 5.02 Å². The summed E-state index contributed by atoms with van der Waals surface area (Å²) < 4.78 is 24.6. The van der Waals surface area contributed by atoms with E-state index in [4.69, 9.17) is 11.6 Å². The van der Waals surface area contributed by atoms with E-state index in [1.807, 2.05) is 24.3 Å². The van der Waals surface area contributed by atoms with Crippen molar-refractivity contribution in [3.05, 3.63) is 47.5 Å². The highest BCUT2D eigenvalue weighted by Crippen LogP contribution is 2.31. The van der Waals surface area contributed by atoms with Gasteiger partial charge in [0.2, 0.25) is 5.91 Å². The van der Waals surface area contributed by atoms with Crippen molar-refractivity contribution in [1.82, 2.24) is 9.88 Å². The van der Waals surface area contributed by atoms with Gasteiger partial charge >= 0.3 is 0 Å². The Kier molecular flexibility index (Phi) is 11.1. The number of nitrogens with zero attached hydrogens (tertiary/aromatic N) is 3. The molecule has 0 aliphatic heterocycles. The lowest BCUT2D eigenvalue weighted by atomic mass is 10.3. The Morgan fingerprint density at radius 1 is 1.09 bits per heavy atom. The van der Waals surface area contributed by atoms with Crippen LogP contribution in [0, 0.1) is 0 Å². The molecule has 1 aromatic heterocycles. The van der Waals surface area contributed by atoms with Gasteiger partial charge in [-0.1, -0.05) is 36.8 Å². The number of thiazole rings is 1. The largest absolute Gasteiger partial charge is 0.302 e. The zero-order valence-corrected chi connectivity index (χ0v) is 23.4. The number of fused-ring (bicyclic) bond motifs is 1. The number of sulfone groups is 1. The standard InChI is InChI=1S/C23H28ClN3O3S3.ClH/c1-4-26(5-2)13-14-27(22(28)12-15-31-18-8-6-17(24)7-9-18)23-25-20-11-10-19(33(3,29)30)16-21(20)32-23;/h6-11,16H,4-5,12-15H2,1-3H3;1H. The minimum Gasteiger partial charge on any atom is -0.302 e. The van der Waals surface area contributed by atoms with Crippen molar-refractivity contribution in [2.75, 3.05) is 43.1 Å². The van der Waals surface area contributed by atoms with Crippen molar-refractivity contribution >= 4 is 78.2 Å². The van der Waals surface area contributed by atoms with E-state index in [1.54, 1.807) is 34.9 Å². The molecule has 34 heavy (non-hydrogen) atoms. The monoisotopic (exact) mass is 561 g/mol. The maximum Gasteiger partial charge on any atom is 0.229 e. The van der Waals surface area contributed by atoms with Crippen molar-refractivity contribution < 1.29 is 13.2 Å². The Balaban J connectivity index is 0.00000408. The Morgan fingerprint density at radius 2 is 1.76 bits per heavy atom. The lowest BCUT2D eigenvalue weighted by molar-refractivity contribution is -0.118. The minimum absolute atomic E-state index is 0. The number of aromatic nitrogens is 1. The van der Waals surface area contributed by atoms with Crippen LogP contribution in [0.1, 0.15) is 20.3 Å². The number of carbonyl (C=O) groups is 1. The Hall–Kier alpha value is -1.36. The minimum atomic E-state index is -3.31. The van der Waals surface area contributed by atoms with Gasteiger partial charge in [-0.25, -0.2) is 13.4 Å². The molecule has 0 aliphatic rings. The van der Waals surface area contributed by atoms with Gasteiger partial charge in [-0.15, -0.1) is 24.2 Å². The first-order chi connectivity index (χ1) is 15.7. The Bertz CT molecular complexity index is 1200. The second-order valence-corrected chi connectivity index (χ2v) is 12.2. The normalized spacial score (nSPS) is 11.6. The van der Waals surface area contributed by atoms with Gasteiger partial charge in [-0.05, 0) is 55.6 Å². The number of hydrogen-bond donors (Lipinski definition) is 0. The lowest BCUT2D eigenvalue weighted by Crippen LogP contribution is -2.39. The average Bonchev–Trinajstić information content (AvgIpc) is 3.20. The second-order valence-electron chi connectivity index (χ2n) is 7.52. The third-order valence-electron chi connectivity index (χ3n) is 5.24. The molecular formula is C23H29Cl2N3O3S3. The molecule has 6 nitrogen and oxygen atoms in total. The van der Waals surface area contributed by atoms with E-state index in [9.17, 15) is 13.2 Å². The number of thioether (sulfide) groups is 1. The number of amides is 1. The Labute approximate surface area is 221 Å². The molecule has 0 radical (unpaired) electrons. The number of anilines is 1. The van der Waals surface area contributed by atoms with Crippen LogP contribution in [-0.2, 0) is 14.6 Å². The topological polar surface area (TPSA) is 70.6 Å². The van der Waals surface area contributed by atoms with Crippen LogP contribution in [0.5, 0.6) is 0 Å². The predicted molar refractivity (Wildman–Crippen MR) is 147 cm³/mol. The van der Waals surface area contributed by atoms with Crippen molar-refractivity contribution in [2.45, 2.75) is 30.1 Å². The van der Waals surface area contributed by atoms with E-state index in [0.29, 0.717) is 34.4 Å². The number of likely N-dealkylation sites (N-methyl/N-ethyl adjacent to an activating group) is 1. The fourth-order valence-corrected chi connectivity index (χ4v) is 6.01. The van der Waals surface area contributed by atoms with Crippen LogP contribution in [0.3, 0.4) is 0 Å². The third-order valence-corrected chi connectivity index (χ3v) is 8.66. The van der Waals surface area contributed by atoms with Crippen molar-refractivity contribution in [2.24, 2.45) is 0 Å². The summed E-state index contributed by atoms with van der Waals surface area (Å²) in [5, 5.41) is 1.29. The first-order valence-electron chi connectivity index (χ1n) is 10.7. The highest BCUT2D eigenvalue weighted by atomic mass is 35.5. The molecule has 0 fully saturated rings. The molecule has 3 aromatic rings. The van der Waals surface area contributed by atoms with Gasteiger partial charge < -0.3 is 4.90 Å². The zero-order valence-electron chi connectivity index (χ0n) is 19.4. The van der Waals surface area contributed by atoms with Crippen molar-refractivity contribution in [3.63, 3.8) is 0 Å². The lowest BCUT2D eigenvalue weighted by Gasteiger charge is -2.24. The zero-order chi connectivity index (χ0) is 24.0. The van der Waals surface area contributed by atoms with Gasteiger partial charge in [0.1, 0.15) is 0 Å². The smallest absolute Gasteiger partial charge is 0.229 e. The summed E-state index contributed by atoms with van der Waals surface area (Å²) in [5.41, 5.74) is 0.693. The Morgan fingerprint density at radius 3 is 2.38 bits per heavy atom. The molecular weight excluding hydrogens is 533 g/mol. The fourth-order valence-electron chi connectivity index (χ4n) is 3.27. The van der Waals surface area contributed by atoms with Crippen molar-refractivity contribution in [1.29, 1.82) is 0 Å². The second kappa shape index (κ2) is 13.1. The summed E-state index contributed by atoms with van der Waals surface area (Å²) in [7, 11) is -3.31. The number of halogens is 2. The van der Waals surface area contributed by atoms with E-state index in [-0.39, 0.29) is 23.2 Å². The molecule has 0 unspecified atom stereocenters. The first-order valence-corrected chi connectivity index (χ1v) is 14.8. The SMILES string of the molecule is CCN(CC)CCN(C(=O)CCSc1ccc(Cl)cc1)c1nc2ccc(S(C)(=O)=O)cc2s1.Cl. The first kappa shape index (κ1) is 28.9. The quantitative estimate of drug-likeness (QED) is 0.282. The molecule has 0 saturated carbocycles. The molecule has 0 spiro atoms. The maximum absolute atomic E-state index is 13.2. The van der Waals surface area contributed by atoms with Gasteiger partial charge in [-0.2, -0.15) is 0 Å². The molecule has 2 aromatic carbocycles. The van der Waals surface area contributed by atoms with Gasteiger partial charge in [0.25, 0.3) is 0 Å². The highest BCUT2D eigenvalue weighted by Gasteiger charge is 2.21. The van der Waals surface area contributed by atoms with Crippen LogP contribution in [0.4, 0.5) is 5.13 Å². The van der Waals surface area contributed by atoms with E-state index < -0.39 is 9.84 Å². The molecule has 1 heterocycles. The summed E-state index contributed by atoms with van der Waals surface area (Å²) in [5.74, 6) is 0.650. The van der Waals surface area contributed by atoms with Gasteiger partial charge in [0, 0.05) is 41.4 Å². The van der Waals surface area contributed by atoms with E-state index in [0.717, 1.165) is 29.2 Å². The van der Waals surface area contributed by atoms with Crippen LogP contribution in [0.15, 0.2) is 52.3 Å². The molecule has 186 valence electrons. The van der Waals surface area contributed by atoms with Crippen LogP contribution < -0.4 is 4.90 Å². The van der Waals surface area contributed by atoms with E-state index >= 15 is 0 Å². The third kappa shape index (κ3) is 7.83. The van der Waals surface area contributed by atoms with E-state index in [1.165, 1.54) is 17.6 Å². The molecule has 3 rings (SSSR count). The van der Waals surface area contributed by atoms with Crippen molar-refractivity contribution in [3.8, 4) is 0 Å².